The van der Waals surface area contributed by atoms with Gasteiger partial charge in [-0.15, -0.1) is 0 Å². The second-order valence-electron chi connectivity index (χ2n) is 3.63. The van der Waals surface area contributed by atoms with Gasteiger partial charge in [-0.3, -0.25) is 9.59 Å². The van der Waals surface area contributed by atoms with Crippen LogP contribution in [0.3, 0.4) is 0 Å². The summed E-state index contributed by atoms with van der Waals surface area (Å²) < 4.78 is 4.62. The van der Waals surface area contributed by atoms with Crippen molar-refractivity contribution in [3.05, 3.63) is 0 Å². The van der Waals surface area contributed by atoms with Crippen molar-refractivity contribution in [2.75, 3.05) is 7.11 Å². The van der Waals surface area contributed by atoms with Gasteiger partial charge in [0.15, 0.2) is 0 Å². The molecule has 1 saturated carbocycles. The monoisotopic (exact) mass is 184 g/mol. The zero-order valence-corrected chi connectivity index (χ0v) is 8.21. The summed E-state index contributed by atoms with van der Waals surface area (Å²) in [6.07, 6.45) is 3.50. The van der Waals surface area contributed by atoms with Crippen LogP contribution in [-0.2, 0) is 14.3 Å². The molecule has 3 heteroatoms. The van der Waals surface area contributed by atoms with Crippen LogP contribution in [0.25, 0.3) is 0 Å². The summed E-state index contributed by atoms with van der Waals surface area (Å²) >= 11 is 0. The fraction of sp³-hybridized carbons (Fsp3) is 0.800. The van der Waals surface area contributed by atoms with Crippen molar-refractivity contribution in [1.29, 1.82) is 0 Å². The number of hydrogen-bond donors (Lipinski definition) is 0. The molecule has 1 fully saturated rings. The highest BCUT2D eigenvalue weighted by Crippen LogP contribution is 2.27. The van der Waals surface area contributed by atoms with Gasteiger partial charge in [-0.05, 0) is 12.8 Å². The molecule has 0 aromatic carbocycles. The van der Waals surface area contributed by atoms with E-state index in [1.165, 1.54) is 7.11 Å². The first-order valence-electron chi connectivity index (χ1n) is 4.77. The smallest absolute Gasteiger partial charge is 0.309 e. The lowest BCUT2D eigenvalue weighted by molar-refractivity contribution is -0.150. The van der Waals surface area contributed by atoms with Crippen LogP contribution in [0.2, 0.25) is 0 Å². The Hall–Kier alpha value is -0.860. The summed E-state index contributed by atoms with van der Waals surface area (Å²) in [5.41, 5.74) is 0. The molecule has 0 aromatic heterocycles. The minimum atomic E-state index is -0.266. The SMILES string of the molecule is COC(=O)C(C)C1CCCCC1=O. The molecule has 0 N–H and O–H groups in total. The third-order valence-corrected chi connectivity index (χ3v) is 2.78. The molecule has 0 aromatic rings. The first-order valence-corrected chi connectivity index (χ1v) is 4.77. The summed E-state index contributed by atoms with van der Waals surface area (Å²) in [5, 5.41) is 0. The fourth-order valence-electron chi connectivity index (χ4n) is 1.89. The summed E-state index contributed by atoms with van der Waals surface area (Å²) in [6.45, 7) is 1.78. The van der Waals surface area contributed by atoms with Crippen LogP contribution < -0.4 is 0 Å². The topological polar surface area (TPSA) is 43.4 Å². The second kappa shape index (κ2) is 4.40. The molecular formula is C10H16O3. The van der Waals surface area contributed by atoms with Crippen molar-refractivity contribution in [2.45, 2.75) is 32.6 Å². The van der Waals surface area contributed by atoms with Crippen LogP contribution in [0.5, 0.6) is 0 Å². The standard InChI is InChI=1S/C10H16O3/c1-7(10(12)13-2)8-5-3-4-6-9(8)11/h7-8H,3-6H2,1-2H3. The Balaban J connectivity index is 2.58. The highest BCUT2D eigenvalue weighted by molar-refractivity contribution is 5.87. The Morgan fingerprint density at radius 3 is 2.77 bits per heavy atom. The maximum Gasteiger partial charge on any atom is 0.309 e. The van der Waals surface area contributed by atoms with Crippen molar-refractivity contribution in [1.82, 2.24) is 0 Å². The highest BCUT2D eigenvalue weighted by atomic mass is 16.5. The van der Waals surface area contributed by atoms with E-state index in [1.54, 1.807) is 6.92 Å². The van der Waals surface area contributed by atoms with E-state index >= 15 is 0 Å². The Bertz CT molecular complexity index is 210. The van der Waals surface area contributed by atoms with Crippen molar-refractivity contribution in [2.24, 2.45) is 11.8 Å². The van der Waals surface area contributed by atoms with Crippen LogP contribution in [0, 0.1) is 11.8 Å². The lowest BCUT2D eigenvalue weighted by atomic mass is 9.80. The van der Waals surface area contributed by atoms with Gasteiger partial charge in [0, 0.05) is 12.3 Å². The van der Waals surface area contributed by atoms with E-state index in [-0.39, 0.29) is 23.6 Å². The number of carbonyl (C=O) groups is 2. The number of esters is 1. The molecule has 2 unspecified atom stereocenters. The van der Waals surface area contributed by atoms with Crippen LogP contribution >= 0.6 is 0 Å². The average molecular weight is 184 g/mol. The van der Waals surface area contributed by atoms with Gasteiger partial charge in [-0.25, -0.2) is 0 Å². The summed E-state index contributed by atoms with van der Waals surface area (Å²) in [6, 6.07) is 0. The van der Waals surface area contributed by atoms with Crippen LogP contribution in [0.15, 0.2) is 0 Å². The molecule has 1 aliphatic rings. The summed E-state index contributed by atoms with van der Waals surface area (Å²) in [5.74, 6) is -0.400. The Morgan fingerprint density at radius 1 is 1.54 bits per heavy atom. The molecule has 13 heavy (non-hydrogen) atoms. The lowest BCUT2D eigenvalue weighted by Gasteiger charge is -2.24. The Labute approximate surface area is 78.5 Å². The Morgan fingerprint density at radius 2 is 2.23 bits per heavy atom. The molecule has 74 valence electrons. The van der Waals surface area contributed by atoms with E-state index in [4.69, 9.17) is 0 Å². The predicted octanol–water partition coefficient (Wildman–Crippen LogP) is 1.55. The largest absolute Gasteiger partial charge is 0.469 e. The van der Waals surface area contributed by atoms with Gasteiger partial charge in [0.05, 0.1) is 13.0 Å². The molecule has 0 spiro atoms. The van der Waals surface area contributed by atoms with Gasteiger partial charge >= 0.3 is 5.97 Å². The molecule has 0 saturated heterocycles. The molecule has 0 aliphatic heterocycles. The van der Waals surface area contributed by atoms with Gasteiger partial charge in [0.25, 0.3) is 0 Å². The number of hydrogen-bond acceptors (Lipinski definition) is 3. The van der Waals surface area contributed by atoms with Gasteiger partial charge in [0.2, 0.25) is 0 Å². The number of Topliss-reactive ketones (excluding diaryl/α,β-unsaturated/α-hetero) is 1. The van der Waals surface area contributed by atoms with E-state index < -0.39 is 0 Å². The zero-order valence-electron chi connectivity index (χ0n) is 8.21. The minimum absolute atomic E-state index is 0.0961. The second-order valence-corrected chi connectivity index (χ2v) is 3.63. The molecule has 0 amide bonds. The number of rotatable bonds is 2. The molecule has 0 bridgehead atoms. The van der Waals surface area contributed by atoms with Crippen molar-refractivity contribution >= 4 is 11.8 Å². The summed E-state index contributed by atoms with van der Waals surface area (Å²) in [4.78, 5) is 22.6. The van der Waals surface area contributed by atoms with E-state index in [0.29, 0.717) is 6.42 Å². The molecule has 1 rings (SSSR count). The van der Waals surface area contributed by atoms with E-state index in [0.717, 1.165) is 19.3 Å². The Kier molecular flexibility index (Phi) is 3.46. The third kappa shape index (κ3) is 2.29. The van der Waals surface area contributed by atoms with Crippen molar-refractivity contribution in [3.8, 4) is 0 Å². The van der Waals surface area contributed by atoms with Gasteiger partial charge in [0.1, 0.15) is 5.78 Å². The number of ketones is 1. The van der Waals surface area contributed by atoms with Crippen molar-refractivity contribution in [3.63, 3.8) is 0 Å². The fourth-order valence-corrected chi connectivity index (χ4v) is 1.89. The zero-order chi connectivity index (χ0) is 9.84. The van der Waals surface area contributed by atoms with E-state index in [9.17, 15) is 9.59 Å². The first kappa shape index (κ1) is 10.2. The maximum atomic E-state index is 11.4. The lowest BCUT2D eigenvalue weighted by Crippen LogP contribution is -2.30. The van der Waals surface area contributed by atoms with Crippen LogP contribution in [0.1, 0.15) is 32.6 Å². The molecule has 3 nitrogen and oxygen atoms in total. The van der Waals surface area contributed by atoms with Crippen LogP contribution in [-0.4, -0.2) is 18.9 Å². The van der Waals surface area contributed by atoms with E-state index in [2.05, 4.69) is 4.74 Å². The number of methoxy groups -OCH3 is 1. The van der Waals surface area contributed by atoms with Crippen molar-refractivity contribution < 1.29 is 14.3 Å². The minimum Gasteiger partial charge on any atom is -0.469 e. The normalized spacial score (nSPS) is 25.4. The molecular weight excluding hydrogens is 168 g/mol. The van der Waals surface area contributed by atoms with Gasteiger partial charge in [-0.2, -0.15) is 0 Å². The first-order chi connectivity index (χ1) is 6.16. The van der Waals surface area contributed by atoms with Crippen LogP contribution in [0.4, 0.5) is 0 Å². The van der Waals surface area contributed by atoms with Gasteiger partial charge < -0.3 is 4.74 Å². The maximum absolute atomic E-state index is 11.4. The molecule has 0 radical (unpaired) electrons. The summed E-state index contributed by atoms with van der Waals surface area (Å²) in [7, 11) is 1.37. The molecule has 0 heterocycles. The molecule has 1 aliphatic carbocycles. The predicted molar refractivity (Wildman–Crippen MR) is 48.1 cm³/mol. The number of ether oxygens (including phenoxy) is 1. The average Bonchev–Trinajstić information content (AvgIpc) is 2.16. The van der Waals surface area contributed by atoms with Gasteiger partial charge in [-0.1, -0.05) is 13.3 Å². The number of carbonyl (C=O) groups excluding carboxylic acids is 2. The molecule has 2 atom stereocenters. The van der Waals surface area contributed by atoms with E-state index in [1.807, 2.05) is 0 Å². The highest BCUT2D eigenvalue weighted by Gasteiger charge is 2.31. The quantitative estimate of drug-likeness (QED) is 0.611. The third-order valence-electron chi connectivity index (χ3n) is 2.78.